The molecule has 1 aliphatic rings. The van der Waals surface area contributed by atoms with Gasteiger partial charge >= 0.3 is 22.1 Å². The lowest BCUT2D eigenvalue weighted by molar-refractivity contribution is -0.122. The van der Waals surface area contributed by atoms with Gasteiger partial charge in [-0.15, -0.1) is 0 Å². The zero-order chi connectivity index (χ0) is 27.4. The van der Waals surface area contributed by atoms with Gasteiger partial charge in [-0.05, 0) is 60.2 Å². The molecule has 11 nitrogen and oxygen atoms in total. The number of carbonyl (C=O) groups excluding carboxylic acids is 4. The molecule has 0 radical (unpaired) electrons. The summed E-state index contributed by atoms with van der Waals surface area (Å²) < 4.78 is 40.3. The Labute approximate surface area is 217 Å². The van der Waals surface area contributed by atoms with Crippen LogP contribution in [0.5, 0.6) is 11.5 Å². The summed E-state index contributed by atoms with van der Waals surface area (Å²) in [6, 6.07) is 16.1. The van der Waals surface area contributed by atoms with Crippen LogP contribution in [0.1, 0.15) is 15.9 Å². The normalized spacial score (nSPS) is 14.7. The highest BCUT2D eigenvalue weighted by molar-refractivity contribution is 7.87. The predicted molar refractivity (Wildman–Crippen MR) is 134 cm³/mol. The fourth-order valence-corrected chi connectivity index (χ4v) is 4.48. The molecular formula is C26H20N2O9S. The van der Waals surface area contributed by atoms with Gasteiger partial charge in [0.1, 0.15) is 10.5 Å². The SMILES string of the molecule is COC(=O)c1ccc(N2C(=O)NC(=O)/C(=C\c3ccc(OS(=O)(=O)c4ccccc4)c(OC)c3)C2=O)cc1. The van der Waals surface area contributed by atoms with E-state index in [0.717, 1.165) is 4.90 Å². The lowest BCUT2D eigenvalue weighted by Crippen LogP contribution is -2.54. The first-order chi connectivity index (χ1) is 18.1. The third kappa shape index (κ3) is 5.25. The van der Waals surface area contributed by atoms with Gasteiger partial charge in [0.25, 0.3) is 11.8 Å². The van der Waals surface area contributed by atoms with Crippen molar-refractivity contribution in [3.05, 3.63) is 89.5 Å². The quantitative estimate of drug-likeness (QED) is 0.208. The second kappa shape index (κ2) is 10.6. The standard InChI is InChI=1S/C26H20N2O9S/c1-35-22-15-16(8-13-21(22)37-38(33,34)19-6-4-3-5-7-19)14-20-23(29)27-26(32)28(24(20)30)18-11-9-17(10-12-18)25(31)36-2/h3-15H,1-2H3,(H,27,29,32)/b20-14+. The molecule has 3 aromatic carbocycles. The van der Waals surface area contributed by atoms with Crippen LogP contribution >= 0.6 is 0 Å². The number of benzene rings is 3. The van der Waals surface area contributed by atoms with Gasteiger partial charge in [-0.1, -0.05) is 24.3 Å². The highest BCUT2D eigenvalue weighted by atomic mass is 32.2. The smallest absolute Gasteiger partial charge is 0.339 e. The van der Waals surface area contributed by atoms with Crippen molar-refractivity contribution in [2.45, 2.75) is 4.90 Å². The molecule has 1 N–H and O–H groups in total. The Morgan fingerprint density at radius 2 is 1.58 bits per heavy atom. The van der Waals surface area contributed by atoms with Crippen molar-refractivity contribution >= 4 is 45.7 Å². The molecule has 0 atom stereocenters. The number of hydrogen-bond donors (Lipinski definition) is 1. The van der Waals surface area contributed by atoms with Crippen LogP contribution in [-0.2, 0) is 24.4 Å². The van der Waals surface area contributed by atoms with E-state index in [1.165, 1.54) is 74.9 Å². The van der Waals surface area contributed by atoms with E-state index in [0.29, 0.717) is 5.56 Å². The molecular weight excluding hydrogens is 516 g/mol. The minimum absolute atomic E-state index is 0.0221. The number of nitrogens with zero attached hydrogens (tertiary/aromatic N) is 1. The summed E-state index contributed by atoms with van der Waals surface area (Å²) in [7, 11) is -1.63. The molecule has 4 amide bonds. The number of ether oxygens (including phenoxy) is 2. The molecule has 0 saturated carbocycles. The van der Waals surface area contributed by atoms with Crippen LogP contribution in [-0.4, -0.2) is 46.5 Å². The van der Waals surface area contributed by atoms with Crippen molar-refractivity contribution in [1.82, 2.24) is 5.32 Å². The van der Waals surface area contributed by atoms with Gasteiger partial charge in [-0.2, -0.15) is 8.42 Å². The maximum absolute atomic E-state index is 13.1. The summed E-state index contributed by atoms with van der Waals surface area (Å²) >= 11 is 0. The van der Waals surface area contributed by atoms with E-state index < -0.39 is 33.9 Å². The molecule has 0 aliphatic carbocycles. The third-order valence-electron chi connectivity index (χ3n) is 5.38. The predicted octanol–water partition coefficient (Wildman–Crippen LogP) is 2.92. The molecule has 1 fully saturated rings. The third-order valence-corrected chi connectivity index (χ3v) is 6.63. The van der Waals surface area contributed by atoms with Crippen LogP contribution in [0.2, 0.25) is 0 Å². The Hall–Kier alpha value is -4.97. The average Bonchev–Trinajstić information content (AvgIpc) is 2.92. The number of carbonyl (C=O) groups is 4. The number of barbiturate groups is 1. The van der Waals surface area contributed by atoms with Gasteiger partial charge in [-0.3, -0.25) is 14.9 Å². The summed E-state index contributed by atoms with van der Waals surface area (Å²) in [5.41, 5.74) is 0.247. The van der Waals surface area contributed by atoms with E-state index in [2.05, 4.69) is 10.1 Å². The summed E-state index contributed by atoms with van der Waals surface area (Å²) in [4.78, 5) is 50.4. The lowest BCUT2D eigenvalue weighted by atomic mass is 10.1. The first kappa shape index (κ1) is 26.1. The number of esters is 1. The van der Waals surface area contributed by atoms with Crippen molar-refractivity contribution < 1.29 is 41.3 Å². The van der Waals surface area contributed by atoms with Gasteiger partial charge in [0.2, 0.25) is 0 Å². The molecule has 12 heteroatoms. The summed E-state index contributed by atoms with van der Waals surface area (Å²) in [6.07, 6.45) is 1.22. The van der Waals surface area contributed by atoms with Gasteiger partial charge in [0.05, 0.1) is 25.5 Å². The largest absolute Gasteiger partial charge is 0.493 e. The van der Waals surface area contributed by atoms with Crippen molar-refractivity contribution in [3.63, 3.8) is 0 Å². The maximum atomic E-state index is 13.1. The van der Waals surface area contributed by atoms with Crippen molar-refractivity contribution in [2.24, 2.45) is 0 Å². The van der Waals surface area contributed by atoms with E-state index in [4.69, 9.17) is 8.92 Å². The molecule has 1 heterocycles. The van der Waals surface area contributed by atoms with Crippen LogP contribution in [0.15, 0.2) is 83.3 Å². The Balaban J connectivity index is 1.63. The van der Waals surface area contributed by atoms with E-state index >= 15 is 0 Å². The second-order valence-corrected chi connectivity index (χ2v) is 9.30. The van der Waals surface area contributed by atoms with Crippen LogP contribution in [0, 0.1) is 0 Å². The molecule has 3 aromatic rings. The molecule has 194 valence electrons. The van der Waals surface area contributed by atoms with E-state index in [-0.39, 0.29) is 33.2 Å². The Bertz CT molecular complexity index is 1560. The molecule has 0 spiro atoms. The topological polar surface area (TPSA) is 145 Å². The number of imide groups is 2. The monoisotopic (exact) mass is 536 g/mol. The minimum atomic E-state index is -4.14. The Kier molecular flexibility index (Phi) is 7.26. The zero-order valence-corrected chi connectivity index (χ0v) is 20.9. The Morgan fingerprint density at radius 3 is 2.21 bits per heavy atom. The summed E-state index contributed by atoms with van der Waals surface area (Å²) in [5, 5.41) is 2.10. The number of urea groups is 1. The molecule has 0 aromatic heterocycles. The van der Waals surface area contributed by atoms with E-state index in [9.17, 15) is 27.6 Å². The Morgan fingerprint density at radius 1 is 0.895 bits per heavy atom. The fourth-order valence-electron chi connectivity index (χ4n) is 3.52. The zero-order valence-electron chi connectivity index (χ0n) is 20.0. The number of amides is 4. The van der Waals surface area contributed by atoms with E-state index in [1.807, 2.05) is 0 Å². The first-order valence-corrected chi connectivity index (χ1v) is 12.3. The number of rotatable bonds is 7. The van der Waals surface area contributed by atoms with E-state index in [1.54, 1.807) is 18.2 Å². The van der Waals surface area contributed by atoms with Crippen LogP contribution in [0.3, 0.4) is 0 Å². The van der Waals surface area contributed by atoms with Gasteiger partial charge in [-0.25, -0.2) is 14.5 Å². The molecule has 0 unspecified atom stereocenters. The van der Waals surface area contributed by atoms with Crippen molar-refractivity contribution in [3.8, 4) is 11.5 Å². The van der Waals surface area contributed by atoms with Crippen LogP contribution in [0.4, 0.5) is 10.5 Å². The highest BCUT2D eigenvalue weighted by Gasteiger charge is 2.37. The number of nitrogens with one attached hydrogen (secondary N) is 1. The summed E-state index contributed by atoms with van der Waals surface area (Å²) in [6.45, 7) is 0. The molecule has 4 rings (SSSR count). The van der Waals surface area contributed by atoms with Crippen LogP contribution < -0.4 is 19.1 Å². The summed E-state index contributed by atoms with van der Waals surface area (Å²) in [5.74, 6) is -2.52. The lowest BCUT2D eigenvalue weighted by Gasteiger charge is -2.26. The molecule has 1 aliphatic heterocycles. The second-order valence-electron chi connectivity index (χ2n) is 7.76. The fraction of sp³-hybridized carbons (Fsp3) is 0.0769. The molecule has 1 saturated heterocycles. The number of anilines is 1. The average molecular weight is 537 g/mol. The molecule has 0 bridgehead atoms. The highest BCUT2D eigenvalue weighted by Crippen LogP contribution is 2.32. The van der Waals surface area contributed by atoms with Crippen molar-refractivity contribution in [1.29, 1.82) is 0 Å². The van der Waals surface area contributed by atoms with Crippen molar-refractivity contribution in [2.75, 3.05) is 19.1 Å². The maximum Gasteiger partial charge on any atom is 0.339 e. The minimum Gasteiger partial charge on any atom is -0.493 e. The number of methoxy groups -OCH3 is 2. The van der Waals surface area contributed by atoms with Crippen LogP contribution in [0.25, 0.3) is 6.08 Å². The van der Waals surface area contributed by atoms with Gasteiger partial charge in [0, 0.05) is 0 Å². The first-order valence-electron chi connectivity index (χ1n) is 10.9. The number of hydrogen-bond acceptors (Lipinski definition) is 9. The molecule has 38 heavy (non-hydrogen) atoms. The van der Waals surface area contributed by atoms with Gasteiger partial charge in [0.15, 0.2) is 11.5 Å². The van der Waals surface area contributed by atoms with Gasteiger partial charge < -0.3 is 13.7 Å².